The average molecular weight is 279 g/mol. The zero-order valence-corrected chi connectivity index (χ0v) is 12.5. The van der Waals surface area contributed by atoms with Gasteiger partial charge in [0, 0.05) is 47.2 Å². The van der Waals surface area contributed by atoms with Crippen LogP contribution in [-0.2, 0) is 21.7 Å². The number of para-hydroxylation sites is 1. The molecule has 0 aliphatic rings. The number of nitrogen functional groups attached to an aromatic ring is 1. The minimum absolute atomic E-state index is 0. The first-order valence-electron chi connectivity index (χ1n) is 5.27. The van der Waals surface area contributed by atoms with Crippen LogP contribution in [0.5, 0.6) is 0 Å². The molecular weight excluding hydrogens is 254 g/mol. The topological polar surface area (TPSA) is 86.7 Å². The van der Waals surface area contributed by atoms with Crippen molar-refractivity contribution in [2.75, 3.05) is 25.6 Å². The first-order valence-corrected chi connectivity index (χ1v) is 5.27. The largest absolute Gasteiger partial charge is 0.399 e. The van der Waals surface area contributed by atoms with Gasteiger partial charge in [0.05, 0.1) is 0 Å². The zero-order chi connectivity index (χ0) is 13.2. The Kier molecular flexibility index (Phi) is 44.3. The Morgan fingerprint density at radius 3 is 1.18 bits per heavy atom. The summed E-state index contributed by atoms with van der Waals surface area (Å²) in [4.78, 5) is 0. The standard InChI is InChI=1S/C6H7N.3C2H6O.Ti/c7-6-4-2-1-3-5-6;3*1-2-3;/h1-5H,7H2;3*3H,2H2,1H3;. The molecular formula is C12H25NO3Ti. The van der Waals surface area contributed by atoms with Crippen LogP contribution in [0, 0.1) is 0 Å². The molecule has 1 aromatic rings. The van der Waals surface area contributed by atoms with Gasteiger partial charge in [0.2, 0.25) is 0 Å². The summed E-state index contributed by atoms with van der Waals surface area (Å²) in [6.07, 6.45) is 0. The average Bonchev–Trinajstić information content (AvgIpc) is 2.22. The molecule has 0 aliphatic heterocycles. The quantitative estimate of drug-likeness (QED) is 0.425. The SMILES string of the molecule is CCO.CCO.CCO.Nc1ccccc1.[Ti]. The van der Waals surface area contributed by atoms with Gasteiger partial charge in [-0.3, -0.25) is 0 Å². The molecule has 5 N–H and O–H groups in total. The van der Waals surface area contributed by atoms with Crippen LogP contribution in [0.2, 0.25) is 0 Å². The molecule has 0 radical (unpaired) electrons. The van der Waals surface area contributed by atoms with Crippen molar-refractivity contribution in [2.24, 2.45) is 0 Å². The third kappa shape index (κ3) is 49.9. The van der Waals surface area contributed by atoms with Gasteiger partial charge >= 0.3 is 0 Å². The minimum atomic E-state index is 0. The number of hydrogen-bond donors (Lipinski definition) is 4. The predicted octanol–water partition coefficient (Wildman–Crippen LogP) is 1.26. The van der Waals surface area contributed by atoms with E-state index in [0.29, 0.717) is 0 Å². The number of aliphatic hydroxyl groups excluding tert-OH is 3. The monoisotopic (exact) mass is 279 g/mol. The van der Waals surface area contributed by atoms with Gasteiger partial charge in [-0.1, -0.05) is 18.2 Å². The van der Waals surface area contributed by atoms with Crippen LogP contribution in [0.4, 0.5) is 5.69 Å². The molecule has 0 saturated carbocycles. The van der Waals surface area contributed by atoms with Crippen molar-refractivity contribution in [1.29, 1.82) is 0 Å². The van der Waals surface area contributed by atoms with E-state index in [1.165, 1.54) is 0 Å². The van der Waals surface area contributed by atoms with Gasteiger partial charge in [-0.05, 0) is 32.9 Å². The van der Waals surface area contributed by atoms with Crippen molar-refractivity contribution in [3.05, 3.63) is 30.3 Å². The second-order valence-electron chi connectivity index (χ2n) is 2.36. The number of hydrogen-bond acceptors (Lipinski definition) is 4. The summed E-state index contributed by atoms with van der Waals surface area (Å²) >= 11 is 0. The molecule has 100 valence electrons. The Balaban J connectivity index is -0.0000000734. The van der Waals surface area contributed by atoms with Crippen molar-refractivity contribution in [2.45, 2.75) is 20.8 Å². The van der Waals surface area contributed by atoms with Crippen molar-refractivity contribution < 1.29 is 37.0 Å². The Bertz CT molecular complexity index is 182. The fourth-order valence-corrected chi connectivity index (χ4v) is 0.453. The van der Waals surface area contributed by atoms with Crippen LogP contribution in [0.15, 0.2) is 30.3 Å². The van der Waals surface area contributed by atoms with Crippen LogP contribution >= 0.6 is 0 Å². The van der Waals surface area contributed by atoms with Gasteiger partial charge in [-0.15, -0.1) is 0 Å². The molecule has 0 unspecified atom stereocenters. The van der Waals surface area contributed by atoms with E-state index in [2.05, 4.69) is 0 Å². The van der Waals surface area contributed by atoms with Crippen LogP contribution in [0.1, 0.15) is 20.8 Å². The van der Waals surface area contributed by atoms with E-state index < -0.39 is 0 Å². The molecule has 1 rings (SSSR count). The molecule has 0 bridgehead atoms. The molecule has 0 spiro atoms. The van der Waals surface area contributed by atoms with Crippen LogP contribution in [0.25, 0.3) is 0 Å². The molecule has 1 aromatic carbocycles. The molecule has 5 heteroatoms. The van der Waals surface area contributed by atoms with E-state index in [1.54, 1.807) is 20.8 Å². The summed E-state index contributed by atoms with van der Waals surface area (Å²) in [6, 6.07) is 9.49. The maximum atomic E-state index is 7.57. The van der Waals surface area contributed by atoms with Gasteiger partial charge in [0.25, 0.3) is 0 Å². The summed E-state index contributed by atoms with van der Waals surface area (Å²) < 4.78 is 0. The molecule has 17 heavy (non-hydrogen) atoms. The molecule has 0 heterocycles. The Morgan fingerprint density at radius 1 is 0.824 bits per heavy atom. The molecule has 0 saturated heterocycles. The predicted molar refractivity (Wildman–Crippen MR) is 69.1 cm³/mol. The number of benzene rings is 1. The summed E-state index contributed by atoms with van der Waals surface area (Å²) in [5, 5.41) is 22.7. The Hall–Kier alpha value is -0.386. The third-order valence-electron chi connectivity index (χ3n) is 0.800. The zero-order valence-electron chi connectivity index (χ0n) is 10.9. The molecule has 0 amide bonds. The van der Waals surface area contributed by atoms with E-state index in [4.69, 9.17) is 21.1 Å². The molecule has 4 nitrogen and oxygen atoms in total. The normalized spacial score (nSPS) is 6.71. The fraction of sp³-hybridized carbons (Fsp3) is 0.500. The van der Waals surface area contributed by atoms with Crippen molar-refractivity contribution in [3.63, 3.8) is 0 Å². The van der Waals surface area contributed by atoms with Crippen LogP contribution < -0.4 is 5.73 Å². The van der Waals surface area contributed by atoms with Gasteiger partial charge in [0.15, 0.2) is 0 Å². The Morgan fingerprint density at radius 2 is 1.06 bits per heavy atom. The van der Waals surface area contributed by atoms with E-state index in [0.717, 1.165) is 5.69 Å². The first kappa shape index (κ1) is 25.5. The molecule has 0 aromatic heterocycles. The Labute approximate surface area is 119 Å². The van der Waals surface area contributed by atoms with Gasteiger partial charge in [0.1, 0.15) is 0 Å². The van der Waals surface area contributed by atoms with Crippen LogP contribution in [-0.4, -0.2) is 35.1 Å². The second kappa shape index (κ2) is 29.6. The number of rotatable bonds is 0. The van der Waals surface area contributed by atoms with Gasteiger partial charge in [-0.2, -0.15) is 0 Å². The maximum absolute atomic E-state index is 7.57. The van der Waals surface area contributed by atoms with Crippen molar-refractivity contribution in [1.82, 2.24) is 0 Å². The first-order chi connectivity index (χ1) is 7.64. The van der Waals surface area contributed by atoms with Crippen LogP contribution in [0.3, 0.4) is 0 Å². The molecule has 0 atom stereocenters. The minimum Gasteiger partial charge on any atom is -0.399 e. The van der Waals surface area contributed by atoms with Gasteiger partial charge < -0.3 is 21.1 Å². The van der Waals surface area contributed by atoms with Gasteiger partial charge in [-0.25, -0.2) is 0 Å². The van der Waals surface area contributed by atoms with E-state index in [-0.39, 0.29) is 41.5 Å². The maximum Gasteiger partial charge on any atom is 0.0402 e. The smallest absolute Gasteiger partial charge is 0.0402 e. The van der Waals surface area contributed by atoms with E-state index in [1.807, 2.05) is 30.3 Å². The summed E-state index contributed by atoms with van der Waals surface area (Å²) in [5.74, 6) is 0. The molecule has 0 fully saturated rings. The number of anilines is 1. The second-order valence-corrected chi connectivity index (χ2v) is 2.36. The summed E-state index contributed by atoms with van der Waals surface area (Å²) in [6.45, 7) is 5.79. The fourth-order valence-electron chi connectivity index (χ4n) is 0.453. The third-order valence-corrected chi connectivity index (χ3v) is 0.800. The molecule has 0 aliphatic carbocycles. The van der Waals surface area contributed by atoms with Crippen molar-refractivity contribution >= 4 is 5.69 Å². The van der Waals surface area contributed by atoms with E-state index >= 15 is 0 Å². The summed E-state index contributed by atoms with van der Waals surface area (Å²) in [5.41, 5.74) is 6.18. The number of nitrogens with two attached hydrogens (primary N) is 1. The summed E-state index contributed by atoms with van der Waals surface area (Å²) in [7, 11) is 0. The van der Waals surface area contributed by atoms with E-state index in [9.17, 15) is 0 Å². The number of aliphatic hydroxyl groups is 3. The van der Waals surface area contributed by atoms with Crippen molar-refractivity contribution in [3.8, 4) is 0 Å².